The van der Waals surface area contributed by atoms with E-state index in [0.29, 0.717) is 40.9 Å². The molecule has 2 aromatic rings. The Bertz CT molecular complexity index is 1730. The van der Waals surface area contributed by atoms with Gasteiger partial charge in [-0.25, -0.2) is 4.98 Å². The molecule has 9 rings (SSSR count). The average Bonchev–Trinajstić information content (AvgIpc) is 3.50. The maximum absolute atomic E-state index is 15.6. The number of imidazole rings is 1. The van der Waals surface area contributed by atoms with E-state index in [0.717, 1.165) is 62.2 Å². The first-order valence-electron chi connectivity index (χ1n) is 21.1. The third-order valence-electron chi connectivity index (χ3n) is 18.4. The van der Waals surface area contributed by atoms with E-state index in [2.05, 4.69) is 62.5 Å². The van der Waals surface area contributed by atoms with E-state index in [1.54, 1.807) is 13.1 Å². The molecule has 7 fully saturated rings. The Balaban J connectivity index is 1.04. The molecular weight excluding hydrogens is 645 g/mol. The van der Waals surface area contributed by atoms with Gasteiger partial charge in [-0.2, -0.15) is 0 Å². The lowest BCUT2D eigenvalue weighted by Crippen LogP contribution is -2.67. The van der Waals surface area contributed by atoms with E-state index < -0.39 is 0 Å². The highest BCUT2D eigenvalue weighted by Gasteiger charge is 2.74. The number of hydrogen-bond acceptors (Lipinski definition) is 5. The molecular formula is C45H64N4O3. The number of H-pyrrole nitrogens is 1. The van der Waals surface area contributed by atoms with E-state index in [1.165, 1.54) is 51.4 Å². The van der Waals surface area contributed by atoms with E-state index in [1.807, 2.05) is 18.5 Å². The second-order valence-corrected chi connectivity index (χ2v) is 20.7. The standard InChI is InChI=1S/C45H64N4O3/c1-28(50)52-36-16-17-42(5)34(40(36,2)3)15-18-44(7)35(42)13-12-31-37-30(41(4)20-21-41)14-19-45(37,23-22-43(31,44)6)39(51)49-25-9-11-33(49)38-47-27-32(48-38)29-10-8-24-46-26-29/h8,10,24,26-27,30-31,33-37H,9,11-23,25H2,1-7H3,(H,47,48)/t30-,31-,33?,34+,35-,36+,37-,42+,43-,44-,45+/m1/s1. The molecule has 0 aromatic carbocycles. The second-order valence-electron chi connectivity index (χ2n) is 20.7. The van der Waals surface area contributed by atoms with Crippen molar-refractivity contribution in [2.45, 2.75) is 151 Å². The fourth-order valence-electron chi connectivity index (χ4n) is 15.5. The lowest BCUT2D eigenvalue weighted by atomic mass is 9.32. The van der Waals surface area contributed by atoms with Crippen molar-refractivity contribution in [1.29, 1.82) is 0 Å². The SMILES string of the molecule is CC(=O)O[C@H]1CC[C@]2(C)[C@H]3CC[C@@H]4[C@H]5[C@H](C6(C)CC6)CC[C@]5(C(=O)N5CCCC5c5ncc(-c6cccnc6)[nH]5)CC[C@@]4(C)[C@]3(C)CC[C@H]2C1(C)C. The van der Waals surface area contributed by atoms with Gasteiger partial charge in [0.2, 0.25) is 5.91 Å². The first kappa shape index (κ1) is 35.0. The summed E-state index contributed by atoms with van der Waals surface area (Å²) >= 11 is 0. The van der Waals surface area contributed by atoms with E-state index in [9.17, 15) is 4.79 Å². The molecule has 1 amide bonds. The van der Waals surface area contributed by atoms with Gasteiger partial charge >= 0.3 is 5.97 Å². The second kappa shape index (κ2) is 11.7. The predicted octanol–water partition coefficient (Wildman–Crippen LogP) is 9.95. The molecule has 0 spiro atoms. The molecule has 1 N–H and O–H groups in total. The summed E-state index contributed by atoms with van der Waals surface area (Å²) in [5.74, 6) is 4.18. The first-order valence-corrected chi connectivity index (χ1v) is 21.1. The number of nitrogens with one attached hydrogen (secondary N) is 1. The fourth-order valence-corrected chi connectivity index (χ4v) is 15.5. The predicted molar refractivity (Wildman–Crippen MR) is 203 cm³/mol. The molecule has 11 atom stereocenters. The van der Waals surface area contributed by atoms with Crippen LogP contribution in [0.2, 0.25) is 0 Å². The van der Waals surface area contributed by atoms with E-state index >= 15 is 4.79 Å². The minimum Gasteiger partial charge on any atom is -0.462 e. The van der Waals surface area contributed by atoms with Crippen LogP contribution in [0.5, 0.6) is 0 Å². The molecule has 1 aliphatic heterocycles. The lowest BCUT2D eigenvalue weighted by Gasteiger charge is -2.73. The van der Waals surface area contributed by atoms with Crippen LogP contribution < -0.4 is 0 Å². The smallest absolute Gasteiger partial charge is 0.302 e. The summed E-state index contributed by atoms with van der Waals surface area (Å²) in [4.78, 5) is 42.8. The third-order valence-corrected chi connectivity index (χ3v) is 18.4. The number of ether oxygens (including phenoxy) is 1. The highest BCUT2D eigenvalue weighted by Crippen LogP contribution is 2.79. The number of carbonyl (C=O) groups is 2. The van der Waals surface area contributed by atoms with Crippen molar-refractivity contribution in [1.82, 2.24) is 19.9 Å². The zero-order valence-electron chi connectivity index (χ0n) is 33.1. The largest absolute Gasteiger partial charge is 0.462 e. The molecule has 1 unspecified atom stereocenters. The summed E-state index contributed by atoms with van der Waals surface area (Å²) in [7, 11) is 0. The van der Waals surface area contributed by atoms with Gasteiger partial charge in [-0.1, -0.05) is 41.5 Å². The Hall–Kier alpha value is -2.70. The quantitative estimate of drug-likeness (QED) is 0.313. The number of likely N-dealkylation sites (tertiary alicyclic amines) is 1. The van der Waals surface area contributed by atoms with Crippen LogP contribution in [0.4, 0.5) is 0 Å². The summed E-state index contributed by atoms with van der Waals surface area (Å²) in [5.41, 5.74) is 2.83. The zero-order chi connectivity index (χ0) is 36.5. The summed E-state index contributed by atoms with van der Waals surface area (Å²) in [6.07, 6.45) is 21.9. The van der Waals surface area contributed by atoms with Crippen LogP contribution in [0.25, 0.3) is 11.3 Å². The minimum absolute atomic E-state index is 0.0109. The summed E-state index contributed by atoms with van der Waals surface area (Å²) in [5, 5.41) is 0. The van der Waals surface area contributed by atoms with Gasteiger partial charge in [0.05, 0.1) is 23.3 Å². The number of nitrogens with zero attached hydrogens (tertiary/aromatic N) is 3. The molecule has 6 aliphatic carbocycles. The number of amides is 1. The summed E-state index contributed by atoms with van der Waals surface area (Å²) in [6, 6.07) is 4.05. The van der Waals surface area contributed by atoms with Crippen LogP contribution in [0, 0.1) is 62.1 Å². The van der Waals surface area contributed by atoms with E-state index in [-0.39, 0.29) is 45.2 Å². The summed E-state index contributed by atoms with van der Waals surface area (Å²) < 4.78 is 6.01. The number of pyridine rings is 1. The zero-order valence-corrected chi connectivity index (χ0v) is 33.1. The van der Waals surface area contributed by atoms with Gasteiger partial charge in [0, 0.05) is 36.8 Å². The van der Waals surface area contributed by atoms with Crippen molar-refractivity contribution >= 4 is 11.9 Å². The Morgan fingerprint density at radius 3 is 2.37 bits per heavy atom. The molecule has 7 aliphatic rings. The fraction of sp³-hybridized carbons (Fsp3) is 0.778. The van der Waals surface area contributed by atoms with Gasteiger partial charge in [0.25, 0.3) is 0 Å². The maximum Gasteiger partial charge on any atom is 0.302 e. The van der Waals surface area contributed by atoms with E-state index in [4.69, 9.17) is 9.72 Å². The van der Waals surface area contributed by atoms with Gasteiger partial charge in [-0.3, -0.25) is 14.6 Å². The number of fused-ring (bicyclic) bond motifs is 7. The number of rotatable bonds is 5. The highest BCUT2D eigenvalue weighted by molar-refractivity contribution is 5.84. The Kier molecular flexibility index (Phi) is 7.85. The maximum atomic E-state index is 15.6. The molecule has 0 radical (unpaired) electrons. The van der Waals surface area contributed by atoms with Crippen molar-refractivity contribution in [3.63, 3.8) is 0 Å². The van der Waals surface area contributed by atoms with Crippen molar-refractivity contribution in [3.8, 4) is 11.3 Å². The van der Waals surface area contributed by atoms with Crippen LogP contribution in [0.3, 0.4) is 0 Å². The molecule has 2 aromatic heterocycles. The lowest BCUT2D eigenvalue weighted by molar-refractivity contribution is -0.251. The van der Waals surface area contributed by atoms with Crippen LogP contribution >= 0.6 is 0 Å². The molecule has 6 saturated carbocycles. The van der Waals surface area contributed by atoms with Gasteiger partial charge in [0.1, 0.15) is 11.9 Å². The van der Waals surface area contributed by atoms with Crippen LogP contribution in [0.1, 0.15) is 150 Å². The van der Waals surface area contributed by atoms with Crippen LogP contribution in [-0.2, 0) is 14.3 Å². The third kappa shape index (κ3) is 4.74. The van der Waals surface area contributed by atoms with Crippen molar-refractivity contribution < 1.29 is 14.3 Å². The average molecular weight is 709 g/mol. The molecule has 3 heterocycles. The van der Waals surface area contributed by atoms with Crippen molar-refractivity contribution in [2.24, 2.45) is 62.1 Å². The molecule has 7 nitrogen and oxygen atoms in total. The summed E-state index contributed by atoms with van der Waals surface area (Å²) in [6.45, 7) is 17.8. The number of hydrogen-bond donors (Lipinski definition) is 1. The normalized spacial score (nSPS) is 44.2. The number of esters is 1. The van der Waals surface area contributed by atoms with Gasteiger partial charge < -0.3 is 14.6 Å². The number of aromatic nitrogens is 3. The Labute approximate surface area is 312 Å². The molecule has 7 heteroatoms. The molecule has 1 saturated heterocycles. The van der Waals surface area contributed by atoms with Gasteiger partial charge in [-0.15, -0.1) is 0 Å². The minimum atomic E-state index is -0.254. The molecule has 282 valence electrons. The van der Waals surface area contributed by atoms with Gasteiger partial charge in [-0.05, 0) is 153 Å². The molecule has 52 heavy (non-hydrogen) atoms. The van der Waals surface area contributed by atoms with Crippen molar-refractivity contribution in [2.75, 3.05) is 6.54 Å². The Morgan fingerprint density at radius 2 is 1.63 bits per heavy atom. The Morgan fingerprint density at radius 1 is 0.827 bits per heavy atom. The van der Waals surface area contributed by atoms with Crippen molar-refractivity contribution in [3.05, 3.63) is 36.5 Å². The number of aromatic amines is 1. The monoisotopic (exact) mass is 708 g/mol. The first-order chi connectivity index (χ1) is 24.7. The van der Waals surface area contributed by atoms with Crippen LogP contribution in [0.15, 0.2) is 30.7 Å². The van der Waals surface area contributed by atoms with Gasteiger partial charge in [0.15, 0.2) is 0 Å². The van der Waals surface area contributed by atoms with Crippen LogP contribution in [-0.4, -0.2) is 44.4 Å². The number of carbonyl (C=O) groups excluding carboxylic acids is 2. The topological polar surface area (TPSA) is 88.2 Å². The molecule has 0 bridgehead atoms. The highest BCUT2D eigenvalue weighted by atomic mass is 16.5.